The van der Waals surface area contributed by atoms with Gasteiger partial charge in [0.2, 0.25) is 0 Å². The molecule has 0 spiro atoms. The minimum atomic E-state index is 0.636. The Morgan fingerprint density at radius 3 is 1.03 bits per heavy atom. The van der Waals surface area contributed by atoms with Gasteiger partial charge in [0.25, 0.3) is 0 Å². The van der Waals surface area contributed by atoms with Crippen molar-refractivity contribution >= 4 is 0 Å². The summed E-state index contributed by atoms with van der Waals surface area (Å²) >= 11 is 0. The second-order valence-electron chi connectivity index (χ2n) is 10.4. The van der Waals surface area contributed by atoms with Crippen LogP contribution in [0.15, 0.2) is 12.4 Å². The molecule has 0 aliphatic carbocycles. The van der Waals surface area contributed by atoms with Gasteiger partial charge in [0.1, 0.15) is 6.17 Å². The van der Waals surface area contributed by atoms with Crippen molar-refractivity contribution in [3.63, 3.8) is 0 Å². The SMILES string of the molecule is CCCCCCCCCCCCN1C=CN(CCCCCCCCCCCC)C1CCC. The first-order valence-corrected chi connectivity index (χ1v) is 15.0. The normalized spacial score (nSPS) is 14.2. The summed E-state index contributed by atoms with van der Waals surface area (Å²) in [7, 11) is 0. The van der Waals surface area contributed by atoms with Gasteiger partial charge in [-0.3, -0.25) is 0 Å². The molecule has 0 amide bonds. The van der Waals surface area contributed by atoms with Gasteiger partial charge in [-0.15, -0.1) is 0 Å². The summed E-state index contributed by atoms with van der Waals surface area (Å²) in [5.74, 6) is 0. The van der Waals surface area contributed by atoms with E-state index in [1.807, 2.05) is 0 Å². The average Bonchev–Trinajstić information content (AvgIpc) is 3.18. The van der Waals surface area contributed by atoms with E-state index in [9.17, 15) is 0 Å². The summed E-state index contributed by atoms with van der Waals surface area (Å²) in [4.78, 5) is 5.29. The lowest BCUT2D eigenvalue weighted by Crippen LogP contribution is -2.39. The van der Waals surface area contributed by atoms with Crippen LogP contribution in [0.5, 0.6) is 0 Å². The smallest absolute Gasteiger partial charge is 0.101 e. The highest BCUT2D eigenvalue weighted by molar-refractivity contribution is 4.96. The monoisotopic (exact) mass is 448 g/mol. The van der Waals surface area contributed by atoms with E-state index in [4.69, 9.17) is 0 Å². The van der Waals surface area contributed by atoms with Crippen molar-refractivity contribution < 1.29 is 0 Å². The lowest BCUT2D eigenvalue weighted by atomic mass is 10.1. The maximum atomic E-state index is 2.64. The first kappa shape index (κ1) is 29.4. The molecule has 0 saturated carbocycles. The fourth-order valence-electron chi connectivity index (χ4n) is 5.16. The van der Waals surface area contributed by atoms with E-state index in [1.54, 1.807) is 0 Å². The van der Waals surface area contributed by atoms with Gasteiger partial charge in [-0.05, 0) is 19.3 Å². The van der Waals surface area contributed by atoms with Crippen molar-refractivity contribution in [2.75, 3.05) is 13.1 Å². The molecule has 190 valence electrons. The molecule has 2 heteroatoms. The molecular formula is C30H60N2. The Labute approximate surface area is 203 Å². The first-order valence-electron chi connectivity index (χ1n) is 15.0. The van der Waals surface area contributed by atoms with Crippen molar-refractivity contribution in [3.05, 3.63) is 12.4 Å². The molecule has 1 aliphatic heterocycles. The van der Waals surface area contributed by atoms with E-state index in [1.165, 1.54) is 154 Å². The quantitative estimate of drug-likeness (QED) is 0.135. The summed E-state index contributed by atoms with van der Waals surface area (Å²) in [5.41, 5.74) is 0. The zero-order valence-corrected chi connectivity index (χ0v) is 22.6. The Kier molecular flexibility index (Phi) is 20.3. The number of rotatable bonds is 24. The maximum Gasteiger partial charge on any atom is 0.101 e. The largest absolute Gasteiger partial charge is 0.356 e. The predicted molar refractivity (Wildman–Crippen MR) is 145 cm³/mol. The van der Waals surface area contributed by atoms with Crippen LogP contribution in [0.1, 0.15) is 162 Å². The molecular weight excluding hydrogens is 388 g/mol. The standard InChI is InChI=1S/C30H60N2/c1-4-7-9-11-13-15-17-19-21-23-26-31-28-29-32(30(31)25-6-3)27-24-22-20-18-16-14-12-10-8-5-2/h28-30H,4-27H2,1-3H3. The van der Waals surface area contributed by atoms with Crippen LogP contribution >= 0.6 is 0 Å². The molecule has 32 heavy (non-hydrogen) atoms. The molecule has 0 aromatic carbocycles. The third-order valence-corrected chi connectivity index (χ3v) is 7.30. The van der Waals surface area contributed by atoms with Crippen molar-refractivity contribution in [1.82, 2.24) is 9.80 Å². The lowest BCUT2D eigenvalue weighted by molar-refractivity contribution is 0.138. The van der Waals surface area contributed by atoms with E-state index in [-0.39, 0.29) is 0 Å². The molecule has 2 nitrogen and oxygen atoms in total. The fourth-order valence-corrected chi connectivity index (χ4v) is 5.16. The molecule has 0 saturated heterocycles. The zero-order valence-electron chi connectivity index (χ0n) is 22.6. The molecule has 0 aromatic rings. The maximum absolute atomic E-state index is 2.64. The van der Waals surface area contributed by atoms with Gasteiger partial charge >= 0.3 is 0 Å². The molecule has 0 bridgehead atoms. The number of hydrogen-bond donors (Lipinski definition) is 0. The van der Waals surface area contributed by atoms with E-state index in [2.05, 4.69) is 43.0 Å². The van der Waals surface area contributed by atoms with Gasteiger partial charge in [0.05, 0.1) is 0 Å². The van der Waals surface area contributed by atoms with Gasteiger partial charge < -0.3 is 9.80 Å². The molecule has 0 N–H and O–H groups in total. The Hall–Kier alpha value is -0.660. The van der Waals surface area contributed by atoms with Crippen LogP contribution in [-0.4, -0.2) is 29.1 Å². The molecule has 0 fully saturated rings. The van der Waals surface area contributed by atoms with Crippen molar-refractivity contribution in [3.8, 4) is 0 Å². The summed E-state index contributed by atoms with van der Waals surface area (Å²) in [6.07, 6.45) is 36.6. The topological polar surface area (TPSA) is 6.48 Å². The van der Waals surface area contributed by atoms with Crippen molar-refractivity contribution in [2.24, 2.45) is 0 Å². The van der Waals surface area contributed by atoms with E-state index in [0.29, 0.717) is 6.17 Å². The van der Waals surface area contributed by atoms with E-state index >= 15 is 0 Å². The number of unbranched alkanes of at least 4 members (excludes halogenated alkanes) is 18. The third-order valence-electron chi connectivity index (χ3n) is 7.30. The Morgan fingerprint density at radius 1 is 0.406 bits per heavy atom. The highest BCUT2D eigenvalue weighted by Crippen LogP contribution is 2.22. The molecule has 1 aliphatic rings. The summed E-state index contributed by atoms with van der Waals surface area (Å²) < 4.78 is 0. The molecule has 0 atom stereocenters. The molecule has 1 heterocycles. The van der Waals surface area contributed by atoms with Crippen molar-refractivity contribution in [1.29, 1.82) is 0 Å². The van der Waals surface area contributed by atoms with Crippen LogP contribution in [0.4, 0.5) is 0 Å². The molecule has 1 rings (SSSR count). The van der Waals surface area contributed by atoms with E-state index < -0.39 is 0 Å². The van der Waals surface area contributed by atoms with Gasteiger partial charge in [-0.1, -0.05) is 143 Å². The van der Waals surface area contributed by atoms with Crippen molar-refractivity contribution in [2.45, 2.75) is 168 Å². The summed E-state index contributed by atoms with van der Waals surface area (Å²) in [6.45, 7) is 9.46. The predicted octanol–water partition coefficient (Wildman–Crippen LogP) is 10.0. The average molecular weight is 449 g/mol. The Bertz CT molecular complexity index is 372. The zero-order chi connectivity index (χ0) is 23.1. The van der Waals surface area contributed by atoms with Crippen LogP contribution < -0.4 is 0 Å². The molecule has 0 radical (unpaired) electrons. The van der Waals surface area contributed by atoms with Crippen LogP contribution in [0.2, 0.25) is 0 Å². The van der Waals surface area contributed by atoms with Gasteiger partial charge in [-0.2, -0.15) is 0 Å². The second kappa shape index (κ2) is 22.1. The first-order chi connectivity index (χ1) is 15.8. The van der Waals surface area contributed by atoms with Crippen LogP contribution in [0, 0.1) is 0 Å². The minimum absolute atomic E-state index is 0.636. The van der Waals surface area contributed by atoms with Gasteiger partial charge in [0, 0.05) is 25.5 Å². The highest BCUT2D eigenvalue weighted by atomic mass is 15.4. The van der Waals surface area contributed by atoms with Crippen LogP contribution in [-0.2, 0) is 0 Å². The van der Waals surface area contributed by atoms with Crippen LogP contribution in [0.25, 0.3) is 0 Å². The fraction of sp³-hybridized carbons (Fsp3) is 0.933. The summed E-state index contributed by atoms with van der Waals surface area (Å²) in [5, 5.41) is 0. The summed E-state index contributed by atoms with van der Waals surface area (Å²) in [6, 6.07) is 0. The minimum Gasteiger partial charge on any atom is -0.356 e. The Balaban J connectivity index is 2.04. The van der Waals surface area contributed by atoms with E-state index in [0.717, 1.165) is 0 Å². The van der Waals surface area contributed by atoms with Gasteiger partial charge in [0.15, 0.2) is 0 Å². The van der Waals surface area contributed by atoms with Crippen LogP contribution in [0.3, 0.4) is 0 Å². The second-order valence-corrected chi connectivity index (χ2v) is 10.4. The van der Waals surface area contributed by atoms with Gasteiger partial charge in [-0.25, -0.2) is 0 Å². The number of nitrogens with zero attached hydrogens (tertiary/aromatic N) is 2. The lowest BCUT2D eigenvalue weighted by Gasteiger charge is -2.33. The highest BCUT2D eigenvalue weighted by Gasteiger charge is 2.24. The third kappa shape index (κ3) is 15.2. The molecule has 0 aromatic heterocycles. The number of hydrogen-bond acceptors (Lipinski definition) is 2. The Morgan fingerprint density at radius 2 is 0.719 bits per heavy atom. The molecule has 0 unspecified atom stereocenters.